The van der Waals surface area contributed by atoms with Crippen LogP contribution < -0.4 is 5.06 Å². The van der Waals surface area contributed by atoms with E-state index in [4.69, 9.17) is 4.74 Å². The third kappa shape index (κ3) is 1.83. The predicted octanol–water partition coefficient (Wildman–Crippen LogP) is 0.0301. The van der Waals surface area contributed by atoms with Crippen molar-refractivity contribution in [2.45, 2.75) is 13.0 Å². The topological polar surface area (TPSA) is 100.0 Å². The zero-order chi connectivity index (χ0) is 13.3. The number of carbonyl (C=O) groups excluding carboxylic acids is 2. The van der Waals surface area contributed by atoms with Crippen LogP contribution in [0.3, 0.4) is 0 Å². The molecule has 1 amide bonds. The molecule has 0 radical (unpaired) electrons. The molecule has 1 aromatic rings. The van der Waals surface area contributed by atoms with Crippen molar-refractivity contribution in [2.24, 2.45) is 5.92 Å². The summed E-state index contributed by atoms with van der Waals surface area (Å²) in [5.74, 6) is -3.36. The molecule has 1 aromatic heterocycles. The smallest absolute Gasteiger partial charge is 0.321 e. The van der Waals surface area contributed by atoms with Crippen LogP contribution in [0.4, 0.5) is 5.82 Å². The Morgan fingerprint density at radius 3 is 3.00 bits per heavy atom. The Bertz CT molecular complexity index is 490. The predicted molar refractivity (Wildman–Crippen MR) is 58.6 cm³/mol. The zero-order valence-electron chi connectivity index (χ0n) is 9.61. The Labute approximate surface area is 103 Å². The SMILES string of the molecule is CCOC(=O)C1C(=O)N(O)c2ncccc2C1O. The third-order valence-corrected chi connectivity index (χ3v) is 2.67. The van der Waals surface area contributed by atoms with Crippen molar-refractivity contribution < 1.29 is 24.6 Å². The van der Waals surface area contributed by atoms with Crippen molar-refractivity contribution in [1.82, 2.24) is 4.98 Å². The van der Waals surface area contributed by atoms with Crippen molar-refractivity contribution in [3.63, 3.8) is 0 Å². The first-order valence-electron chi connectivity index (χ1n) is 5.40. The molecule has 2 atom stereocenters. The first kappa shape index (κ1) is 12.5. The van der Waals surface area contributed by atoms with Crippen LogP contribution in [-0.4, -0.2) is 33.8 Å². The van der Waals surface area contributed by atoms with Crippen molar-refractivity contribution in [3.05, 3.63) is 23.9 Å². The van der Waals surface area contributed by atoms with Gasteiger partial charge in [-0.25, -0.2) is 4.98 Å². The fourth-order valence-electron chi connectivity index (χ4n) is 1.83. The lowest BCUT2D eigenvalue weighted by molar-refractivity contribution is -0.158. The number of hydroxylamine groups is 1. The Hall–Kier alpha value is -1.99. The van der Waals surface area contributed by atoms with E-state index in [0.29, 0.717) is 0 Å². The van der Waals surface area contributed by atoms with E-state index in [1.165, 1.54) is 18.3 Å². The number of nitrogens with zero attached hydrogens (tertiary/aromatic N) is 2. The van der Waals surface area contributed by atoms with Gasteiger partial charge in [0.15, 0.2) is 11.7 Å². The molecule has 18 heavy (non-hydrogen) atoms. The summed E-state index contributed by atoms with van der Waals surface area (Å²) in [6, 6.07) is 3.02. The maximum Gasteiger partial charge on any atom is 0.321 e. The number of esters is 1. The van der Waals surface area contributed by atoms with Gasteiger partial charge in [-0.1, -0.05) is 6.07 Å². The van der Waals surface area contributed by atoms with Crippen LogP contribution in [0.5, 0.6) is 0 Å². The molecule has 7 nitrogen and oxygen atoms in total. The molecule has 7 heteroatoms. The van der Waals surface area contributed by atoms with Gasteiger partial charge in [0.25, 0.3) is 5.91 Å². The number of anilines is 1. The molecule has 0 fully saturated rings. The molecule has 1 aliphatic rings. The summed E-state index contributed by atoms with van der Waals surface area (Å²) in [5, 5.41) is 19.9. The van der Waals surface area contributed by atoms with Crippen molar-refractivity contribution >= 4 is 17.7 Å². The van der Waals surface area contributed by atoms with Gasteiger partial charge < -0.3 is 9.84 Å². The lowest BCUT2D eigenvalue weighted by Crippen LogP contribution is -2.46. The summed E-state index contributed by atoms with van der Waals surface area (Å²) in [6.07, 6.45) is -0.00382. The van der Waals surface area contributed by atoms with Crippen LogP contribution >= 0.6 is 0 Å². The molecule has 0 aliphatic carbocycles. The highest BCUT2D eigenvalue weighted by Crippen LogP contribution is 2.35. The number of rotatable bonds is 2. The number of aliphatic hydroxyl groups excluding tert-OH is 1. The van der Waals surface area contributed by atoms with Crippen LogP contribution in [0.25, 0.3) is 0 Å². The number of fused-ring (bicyclic) bond motifs is 1. The molecule has 0 bridgehead atoms. The van der Waals surface area contributed by atoms with Gasteiger partial charge in [-0.15, -0.1) is 0 Å². The maximum absolute atomic E-state index is 11.8. The molecule has 0 aromatic carbocycles. The molecule has 1 aliphatic heterocycles. The Morgan fingerprint density at radius 1 is 1.61 bits per heavy atom. The largest absolute Gasteiger partial charge is 0.465 e. The van der Waals surface area contributed by atoms with Crippen molar-refractivity contribution in [2.75, 3.05) is 11.7 Å². The van der Waals surface area contributed by atoms with E-state index in [1.807, 2.05) is 0 Å². The first-order valence-corrected chi connectivity index (χ1v) is 5.40. The minimum absolute atomic E-state index is 0.0736. The van der Waals surface area contributed by atoms with Gasteiger partial charge in [0.2, 0.25) is 0 Å². The molecule has 0 spiro atoms. The van der Waals surface area contributed by atoms with E-state index in [0.717, 1.165) is 0 Å². The van der Waals surface area contributed by atoms with Gasteiger partial charge >= 0.3 is 5.97 Å². The van der Waals surface area contributed by atoms with Gasteiger partial charge in [-0.2, -0.15) is 5.06 Å². The average molecular weight is 252 g/mol. The van der Waals surface area contributed by atoms with Crippen molar-refractivity contribution in [3.8, 4) is 0 Å². The van der Waals surface area contributed by atoms with Crippen LogP contribution in [0, 0.1) is 5.92 Å². The summed E-state index contributed by atoms with van der Waals surface area (Å²) >= 11 is 0. The highest BCUT2D eigenvalue weighted by Gasteiger charge is 2.45. The van der Waals surface area contributed by atoms with E-state index in [-0.39, 0.29) is 23.1 Å². The second kappa shape index (κ2) is 4.71. The molecule has 96 valence electrons. The van der Waals surface area contributed by atoms with Gasteiger partial charge in [-0.3, -0.25) is 14.8 Å². The van der Waals surface area contributed by atoms with Crippen LogP contribution in [-0.2, 0) is 14.3 Å². The number of ether oxygens (including phenoxy) is 1. The molecule has 2 heterocycles. The number of hydrogen-bond donors (Lipinski definition) is 2. The van der Waals surface area contributed by atoms with E-state index < -0.39 is 23.9 Å². The first-order chi connectivity index (χ1) is 8.57. The van der Waals surface area contributed by atoms with Gasteiger partial charge in [0.1, 0.15) is 6.10 Å². The second-order valence-corrected chi connectivity index (χ2v) is 3.74. The number of aromatic nitrogens is 1. The number of hydrogen-bond acceptors (Lipinski definition) is 6. The van der Waals surface area contributed by atoms with Crippen LogP contribution in [0.2, 0.25) is 0 Å². The van der Waals surface area contributed by atoms with Crippen LogP contribution in [0.1, 0.15) is 18.6 Å². The van der Waals surface area contributed by atoms with E-state index in [1.54, 1.807) is 6.92 Å². The average Bonchev–Trinajstić information content (AvgIpc) is 2.37. The van der Waals surface area contributed by atoms with Gasteiger partial charge in [0.05, 0.1) is 6.61 Å². The Balaban J connectivity index is 2.42. The highest BCUT2D eigenvalue weighted by molar-refractivity contribution is 6.07. The van der Waals surface area contributed by atoms with E-state index in [2.05, 4.69) is 4.98 Å². The summed E-state index contributed by atoms with van der Waals surface area (Å²) in [6.45, 7) is 1.67. The summed E-state index contributed by atoms with van der Waals surface area (Å²) in [5.41, 5.74) is 0.206. The van der Waals surface area contributed by atoms with E-state index >= 15 is 0 Å². The molecular weight excluding hydrogens is 240 g/mol. The van der Waals surface area contributed by atoms with Gasteiger partial charge in [0, 0.05) is 11.8 Å². The van der Waals surface area contributed by atoms with E-state index in [9.17, 15) is 19.9 Å². The quantitative estimate of drug-likeness (QED) is 0.437. The lowest BCUT2D eigenvalue weighted by Gasteiger charge is -2.30. The number of aliphatic hydroxyl groups is 1. The Morgan fingerprint density at radius 2 is 2.33 bits per heavy atom. The minimum Gasteiger partial charge on any atom is -0.465 e. The number of amides is 1. The summed E-state index contributed by atoms with van der Waals surface area (Å²) < 4.78 is 4.71. The normalized spacial score (nSPS) is 22.6. The summed E-state index contributed by atoms with van der Waals surface area (Å²) in [4.78, 5) is 27.2. The zero-order valence-corrected chi connectivity index (χ0v) is 9.61. The minimum atomic E-state index is -1.47. The fraction of sp³-hybridized carbons (Fsp3) is 0.364. The fourth-order valence-corrected chi connectivity index (χ4v) is 1.83. The molecular formula is C11H12N2O5. The molecule has 0 saturated heterocycles. The number of carbonyl (C=O) groups is 2. The standard InChI is InChI=1S/C11H12N2O5/c1-2-18-11(16)7-8(14)6-4-3-5-12-9(6)13(17)10(7)15/h3-5,7-8,14,17H,2H2,1H3. The molecule has 2 rings (SSSR count). The molecule has 2 N–H and O–H groups in total. The third-order valence-electron chi connectivity index (χ3n) is 2.67. The Kier molecular flexibility index (Phi) is 3.26. The lowest BCUT2D eigenvalue weighted by atomic mass is 9.91. The summed E-state index contributed by atoms with van der Waals surface area (Å²) in [7, 11) is 0. The maximum atomic E-state index is 11.8. The molecule has 2 unspecified atom stereocenters. The second-order valence-electron chi connectivity index (χ2n) is 3.74. The van der Waals surface area contributed by atoms with Crippen molar-refractivity contribution in [1.29, 1.82) is 0 Å². The number of pyridine rings is 1. The monoisotopic (exact) mass is 252 g/mol. The molecule has 0 saturated carbocycles. The van der Waals surface area contributed by atoms with Crippen LogP contribution in [0.15, 0.2) is 18.3 Å². The van der Waals surface area contributed by atoms with Gasteiger partial charge in [-0.05, 0) is 13.0 Å². The highest BCUT2D eigenvalue weighted by atomic mass is 16.5.